The maximum absolute atomic E-state index is 12.8. The monoisotopic (exact) mass is 465 g/mol. The summed E-state index contributed by atoms with van der Waals surface area (Å²) in [5, 5.41) is 17.4. The van der Waals surface area contributed by atoms with E-state index in [1.807, 2.05) is 0 Å². The van der Waals surface area contributed by atoms with Gasteiger partial charge in [-0.1, -0.05) is 30.5 Å². The van der Waals surface area contributed by atoms with Crippen molar-refractivity contribution in [1.29, 1.82) is 0 Å². The van der Waals surface area contributed by atoms with Crippen LogP contribution in [0, 0.1) is 5.92 Å². The number of carbonyl (C=O) groups is 1. The molecule has 2 saturated carbocycles. The van der Waals surface area contributed by atoms with Crippen molar-refractivity contribution in [2.24, 2.45) is 5.92 Å². The van der Waals surface area contributed by atoms with Crippen LogP contribution in [0.1, 0.15) is 56.4 Å². The van der Waals surface area contributed by atoms with Gasteiger partial charge in [0, 0.05) is 24.9 Å². The van der Waals surface area contributed by atoms with Crippen molar-refractivity contribution in [2.75, 3.05) is 11.6 Å². The molecule has 2 aliphatic rings. The minimum atomic E-state index is -3.40. The highest BCUT2D eigenvalue weighted by Crippen LogP contribution is 2.41. The van der Waals surface area contributed by atoms with Crippen molar-refractivity contribution in [3.05, 3.63) is 41.0 Å². The number of amides is 1. The third-order valence-electron chi connectivity index (χ3n) is 6.35. The van der Waals surface area contributed by atoms with E-state index >= 15 is 0 Å². The predicted molar refractivity (Wildman–Crippen MR) is 119 cm³/mol. The summed E-state index contributed by atoms with van der Waals surface area (Å²) in [7, 11) is -3.40. The van der Waals surface area contributed by atoms with E-state index in [0.717, 1.165) is 50.3 Å². The lowest BCUT2D eigenvalue weighted by Crippen LogP contribution is -2.21. The summed E-state index contributed by atoms with van der Waals surface area (Å²) in [5.74, 6) is 0.635. The molecule has 2 aliphatic carbocycles. The average Bonchev–Trinajstić information content (AvgIpc) is 3.08. The molecule has 4 rings (SSSR count). The maximum atomic E-state index is 12.8. The summed E-state index contributed by atoms with van der Waals surface area (Å²) in [5.41, 5.74) is 0.235. The second kappa shape index (κ2) is 8.56. The third-order valence-corrected chi connectivity index (χ3v) is 7.93. The molecular formula is C22H28ClN3O4S. The Hall–Kier alpha value is -1.90. The lowest BCUT2D eigenvalue weighted by Gasteiger charge is -2.24. The molecule has 2 aromatic rings. The van der Waals surface area contributed by atoms with Crippen molar-refractivity contribution in [3.63, 3.8) is 0 Å². The largest absolute Gasteiger partial charge is 0.388 e. The first-order valence-corrected chi connectivity index (χ1v) is 13.0. The third kappa shape index (κ3) is 5.48. The first kappa shape index (κ1) is 22.3. The molecule has 0 spiro atoms. The van der Waals surface area contributed by atoms with E-state index in [9.17, 15) is 18.3 Å². The second-order valence-electron chi connectivity index (χ2n) is 8.99. The van der Waals surface area contributed by atoms with Crippen LogP contribution in [-0.2, 0) is 21.2 Å². The number of aliphatic hydroxyl groups is 1. The molecule has 9 heteroatoms. The summed E-state index contributed by atoms with van der Waals surface area (Å²) < 4.78 is 25.4. The highest BCUT2D eigenvalue weighted by atomic mass is 35.5. The number of halogens is 1. The van der Waals surface area contributed by atoms with E-state index in [-0.39, 0.29) is 28.2 Å². The van der Waals surface area contributed by atoms with Crippen LogP contribution >= 0.6 is 11.6 Å². The van der Waals surface area contributed by atoms with Crippen LogP contribution < -0.4 is 5.32 Å². The van der Waals surface area contributed by atoms with Gasteiger partial charge >= 0.3 is 0 Å². The van der Waals surface area contributed by atoms with Crippen LogP contribution in [0.2, 0.25) is 5.02 Å². The molecule has 1 aromatic heterocycles. The fraction of sp³-hybridized carbons (Fsp3) is 0.545. The molecule has 0 aliphatic heterocycles. The Bertz CT molecular complexity index is 1070. The number of nitrogens with zero attached hydrogens (tertiary/aromatic N) is 2. The van der Waals surface area contributed by atoms with Gasteiger partial charge in [-0.25, -0.2) is 8.42 Å². The standard InChI is InChI=1S/C22H28ClN3O4S/c1-31(29,30)19-7-6-16(12-18(19)23)17(15-4-2-3-5-15)13-21(27)24-20-8-11-26(25-20)14-22(28)9-10-22/h6-8,11-12,15,17,28H,2-5,9-10,13-14H2,1H3,(H,24,25,27)/t17-/m1/s1. The Morgan fingerprint density at radius 1 is 1.32 bits per heavy atom. The predicted octanol–water partition coefficient (Wildman–Crippen LogP) is 3.77. The van der Waals surface area contributed by atoms with Gasteiger partial charge in [-0.15, -0.1) is 0 Å². The SMILES string of the molecule is CS(=O)(=O)c1ccc([C@H](CC(=O)Nc2ccn(CC3(O)CC3)n2)C2CCCC2)cc1Cl. The van der Waals surface area contributed by atoms with E-state index in [1.54, 1.807) is 29.1 Å². The van der Waals surface area contributed by atoms with E-state index in [2.05, 4.69) is 10.4 Å². The van der Waals surface area contributed by atoms with Gasteiger partial charge in [0.2, 0.25) is 5.91 Å². The fourth-order valence-corrected chi connectivity index (χ4v) is 5.82. The highest BCUT2D eigenvalue weighted by molar-refractivity contribution is 7.90. The van der Waals surface area contributed by atoms with Crippen molar-refractivity contribution >= 4 is 33.2 Å². The van der Waals surface area contributed by atoms with Gasteiger partial charge in [-0.2, -0.15) is 5.10 Å². The first-order chi connectivity index (χ1) is 14.6. The lowest BCUT2D eigenvalue weighted by atomic mass is 9.82. The van der Waals surface area contributed by atoms with Gasteiger partial charge in [0.05, 0.1) is 22.1 Å². The number of aromatic nitrogens is 2. The van der Waals surface area contributed by atoms with Crippen molar-refractivity contribution in [1.82, 2.24) is 9.78 Å². The molecule has 1 atom stereocenters. The molecular weight excluding hydrogens is 438 g/mol. The lowest BCUT2D eigenvalue weighted by molar-refractivity contribution is -0.116. The van der Waals surface area contributed by atoms with E-state index in [4.69, 9.17) is 11.6 Å². The van der Waals surface area contributed by atoms with Gasteiger partial charge < -0.3 is 10.4 Å². The first-order valence-electron chi connectivity index (χ1n) is 10.7. The smallest absolute Gasteiger partial charge is 0.226 e. The number of hydrogen-bond acceptors (Lipinski definition) is 5. The Labute approximate surface area is 187 Å². The molecule has 0 unspecified atom stereocenters. The second-order valence-corrected chi connectivity index (χ2v) is 11.4. The normalized spacial score (nSPS) is 19.3. The minimum absolute atomic E-state index is 0.0390. The number of sulfone groups is 1. The van der Waals surface area contributed by atoms with Crippen LogP contribution in [-0.4, -0.2) is 41.1 Å². The molecule has 0 bridgehead atoms. The van der Waals surface area contributed by atoms with Crippen molar-refractivity contribution in [2.45, 2.75) is 67.9 Å². The quantitative estimate of drug-likeness (QED) is 0.618. The minimum Gasteiger partial charge on any atom is -0.388 e. The van der Waals surface area contributed by atoms with Crippen LogP contribution in [0.5, 0.6) is 0 Å². The Morgan fingerprint density at radius 2 is 2.03 bits per heavy atom. The Balaban J connectivity index is 1.48. The molecule has 0 saturated heterocycles. The van der Waals surface area contributed by atoms with E-state index in [0.29, 0.717) is 18.3 Å². The maximum Gasteiger partial charge on any atom is 0.226 e. The molecule has 31 heavy (non-hydrogen) atoms. The Morgan fingerprint density at radius 3 is 2.65 bits per heavy atom. The molecule has 2 fully saturated rings. The van der Waals surface area contributed by atoms with Crippen LogP contribution in [0.25, 0.3) is 0 Å². The van der Waals surface area contributed by atoms with Gasteiger partial charge in [-0.3, -0.25) is 9.48 Å². The van der Waals surface area contributed by atoms with Gasteiger partial charge in [-0.05, 0) is 55.2 Å². The summed E-state index contributed by atoms with van der Waals surface area (Å²) in [4.78, 5) is 12.9. The molecule has 168 valence electrons. The molecule has 7 nitrogen and oxygen atoms in total. The molecule has 0 radical (unpaired) electrons. The summed E-state index contributed by atoms with van der Waals surface area (Å²) in [6.07, 6.45) is 9.05. The zero-order valence-corrected chi connectivity index (χ0v) is 19.1. The zero-order chi connectivity index (χ0) is 22.2. The van der Waals surface area contributed by atoms with Crippen molar-refractivity contribution in [3.8, 4) is 0 Å². The molecule has 1 amide bonds. The van der Waals surface area contributed by atoms with Crippen LogP contribution in [0.15, 0.2) is 35.4 Å². The number of benzene rings is 1. The van der Waals surface area contributed by atoms with E-state index in [1.165, 1.54) is 6.07 Å². The molecule has 2 N–H and O–H groups in total. The number of hydrogen-bond donors (Lipinski definition) is 2. The highest BCUT2D eigenvalue weighted by Gasteiger charge is 2.40. The van der Waals surface area contributed by atoms with Crippen LogP contribution in [0.4, 0.5) is 5.82 Å². The van der Waals surface area contributed by atoms with Gasteiger partial charge in [0.15, 0.2) is 15.7 Å². The summed E-state index contributed by atoms with van der Waals surface area (Å²) >= 11 is 6.28. The van der Waals surface area contributed by atoms with Crippen molar-refractivity contribution < 1.29 is 18.3 Å². The number of carbonyl (C=O) groups excluding carboxylic acids is 1. The number of anilines is 1. The Kier molecular flexibility index (Phi) is 6.16. The van der Waals surface area contributed by atoms with Crippen LogP contribution in [0.3, 0.4) is 0 Å². The number of nitrogens with one attached hydrogen (secondary N) is 1. The fourth-order valence-electron chi connectivity index (χ4n) is 4.48. The molecule has 1 aromatic carbocycles. The average molecular weight is 466 g/mol. The summed E-state index contributed by atoms with van der Waals surface area (Å²) in [6, 6.07) is 6.74. The topological polar surface area (TPSA) is 101 Å². The summed E-state index contributed by atoms with van der Waals surface area (Å²) in [6.45, 7) is 0.429. The molecule has 1 heterocycles. The zero-order valence-electron chi connectivity index (χ0n) is 17.6. The number of rotatable bonds is 8. The van der Waals surface area contributed by atoms with Gasteiger partial charge in [0.1, 0.15) is 0 Å². The van der Waals surface area contributed by atoms with E-state index < -0.39 is 15.4 Å². The van der Waals surface area contributed by atoms with Gasteiger partial charge in [0.25, 0.3) is 0 Å².